The molecule has 1 atom stereocenters. The molecule has 0 aliphatic heterocycles. The van der Waals surface area contributed by atoms with Crippen LogP contribution in [0.5, 0.6) is 0 Å². The fourth-order valence-electron chi connectivity index (χ4n) is 2.87. The van der Waals surface area contributed by atoms with Crippen LogP contribution in [0.4, 0.5) is 5.69 Å². The van der Waals surface area contributed by atoms with Gasteiger partial charge in [0.25, 0.3) is 0 Å². The first-order valence-corrected chi connectivity index (χ1v) is 9.09. The van der Waals surface area contributed by atoms with Crippen molar-refractivity contribution in [2.45, 2.75) is 6.04 Å². The van der Waals surface area contributed by atoms with Crippen LogP contribution in [0, 0.1) is 0 Å². The molecule has 3 N–H and O–H groups in total. The number of hydrogen-bond acceptors (Lipinski definition) is 4. The standard InChI is InChI=1S/C21H17N3OS/c22-20(25)19(14-7-2-1-3-8-14)23-16-10-6-9-15(13-16)21-24-17-11-4-5-12-18(17)26-21/h1-13,19,23H,(H2,22,25). The number of nitrogens with one attached hydrogen (secondary N) is 1. The van der Waals surface area contributed by atoms with Crippen molar-refractivity contribution in [1.29, 1.82) is 0 Å². The Labute approximate surface area is 155 Å². The molecule has 4 rings (SSSR count). The maximum absolute atomic E-state index is 11.9. The Morgan fingerprint density at radius 2 is 1.73 bits per heavy atom. The van der Waals surface area contributed by atoms with Gasteiger partial charge < -0.3 is 11.1 Å². The summed E-state index contributed by atoms with van der Waals surface area (Å²) >= 11 is 1.65. The van der Waals surface area contributed by atoms with E-state index in [0.717, 1.165) is 32.0 Å². The zero-order valence-electron chi connectivity index (χ0n) is 13.9. The molecule has 1 unspecified atom stereocenters. The summed E-state index contributed by atoms with van der Waals surface area (Å²) in [5.41, 5.74) is 9.27. The zero-order valence-corrected chi connectivity index (χ0v) is 14.7. The molecule has 4 nitrogen and oxygen atoms in total. The van der Waals surface area contributed by atoms with Gasteiger partial charge in [0.05, 0.1) is 10.2 Å². The molecule has 0 saturated carbocycles. The van der Waals surface area contributed by atoms with Crippen LogP contribution >= 0.6 is 11.3 Å². The van der Waals surface area contributed by atoms with E-state index in [1.165, 1.54) is 0 Å². The van der Waals surface area contributed by atoms with E-state index in [0.29, 0.717) is 0 Å². The van der Waals surface area contributed by atoms with Gasteiger partial charge in [0, 0.05) is 11.3 Å². The van der Waals surface area contributed by atoms with E-state index in [4.69, 9.17) is 10.7 Å². The first kappa shape index (κ1) is 16.3. The second-order valence-electron chi connectivity index (χ2n) is 5.96. The van der Waals surface area contributed by atoms with E-state index in [1.807, 2.05) is 72.8 Å². The predicted molar refractivity (Wildman–Crippen MR) is 107 cm³/mol. The first-order chi connectivity index (χ1) is 12.7. The highest BCUT2D eigenvalue weighted by molar-refractivity contribution is 7.21. The SMILES string of the molecule is NC(=O)C(Nc1cccc(-c2nc3ccccc3s2)c1)c1ccccc1. The lowest BCUT2D eigenvalue weighted by Crippen LogP contribution is -2.27. The molecule has 26 heavy (non-hydrogen) atoms. The second-order valence-corrected chi connectivity index (χ2v) is 6.99. The number of primary amides is 1. The van der Waals surface area contributed by atoms with E-state index < -0.39 is 11.9 Å². The minimum Gasteiger partial charge on any atom is -0.370 e. The van der Waals surface area contributed by atoms with Gasteiger partial charge in [-0.2, -0.15) is 0 Å². The first-order valence-electron chi connectivity index (χ1n) is 8.27. The normalized spacial score (nSPS) is 12.0. The quantitative estimate of drug-likeness (QED) is 0.547. The van der Waals surface area contributed by atoms with Gasteiger partial charge in [-0.1, -0.05) is 54.6 Å². The van der Waals surface area contributed by atoms with Gasteiger partial charge >= 0.3 is 0 Å². The summed E-state index contributed by atoms with van der Waals surface area (Å²) in [6.45, 7) is 0. The molecule has 3 aromatic carbocycles. The summed E-state index contributed by atoms with van der Waals surface area (Å²) in [5, 5.41) is 4.19. The Kier molecular flexibility index (Phi) is 4.37. The number of para-hydroxylation sites is 1. The van der Waals surface area contributed by atoms with Gasteiger partial charge in [-0.15, -0.1) is 11.3 Å². The molecule has 5 heteroatoms. The second kappa shape index (κ2) is 6.98. The van der Waals surface area contributed by atoms with E-state index in [2.05, 4.69) is 11.4 Å². The Bertz CT molecular complexity index is 1030. The molecule has 0 fully saturated rings. The van der Waals surface area contributed by atoms with Gasteiger partial charge in [-0.25, -0.2) is 4.98 Å². The Hall–Kier alpha value is -3.18. The molecule has 1 aromatic heterocycles. The number of carbonyl (C=O) groups is 1. The number of nitrogens with zero attached hydrogens (tertiary/aromatic N) is 1. The van der Waals surface area contributed by atoms with Crippen molar-refractivity contribution in [3.05, 3.63) is 84.4 Å². The lowest BCUT2D eigenvalue weighted by atomic mass is 10.1. The Balaban J connectivity index is 1.65. The van der Waals surface area contributed by atoms with E-state index >= 15 is 0 Å². The number of aromatic nitrogens is 1. The maximum Gasteiger partial charge on any atom is 0.244 e. The summed E-state index contributed by atoms with van der Waals surface area (Å²) in [4.78, 5) is 16.6. The number of rotatable bonds is 5. The third-order valence-electron chi connectivity index (χ3n) is 4.13. The fraction of sp³-hybridized carbons (Fsp3) is 0.0476. The number of anilines is 1. The zero-order chi connectivity index (χ0) is 17.9. The van der Waals surface area contributed by atoms with E-state index in [-0.39, 0.29) is 0 Å². The molecule has 0 bridgehead atoms. The largest absolute Gasteiger partial charge is 0.370 e. The van der Waals surface area contributed by atoms with Crippen LogP contribution < -0.4 is 11.1 Å². The molecule has 0 radical (unpaired) electrons. The topological polar surface area (TPSA) is 68.0 Å². The van der Waals surface area contributed by atoms with Crippen LogP contribution in [0.3, 0.4) is 0 Å². The number of benzene rings is 3. The van der Waals surface area contributed by atoms with E-state index in [1.54, 1.807) is 11.3 Å². The van der Waals surface area contributed by atoms with Crippen LogP contribution in [0.1, 0.15) is 11.6 Å². The highest BCUT2D eigenvalue weighted by Gasteiger charge is 2.17. The molecule has 1 amide bonds. The summed E-state index contributed by atoms with van der Waals surface area (Å²) in [5.74, 6) is -0.415. The number of hydrogen-bond donors (Lipinski definition) is 2. The summed E-state index contributed by atoms with van der Waals surface area (Å²) < 4.78 is 1.15. The highest BCUT2D eigenvalue weighted by Crippen LogP contribution is 2.32. The molecule has 1 heterocycles. The minimum absolute atomic E-state index is 0.415. The van der Waals surface area contributed by atoms with Crippen LogP contribution in [0.2, 0.25) is 0 Å². The molecular weight excluding hydrogens is 342 g/mol. The van der Waals surface area contributed by atoms with Gasteiger partial charge in [-0.05, 0) is 29.8 Å². The molecule has 4 aromatic rings. The summed E-state index contributed by atoms with van der Waals surface area (Å²) in [6, 6.07) is 24.9. The smallest absolute Gasteiger partial charge is 0.244 e. The molecule has 128 valence electrons. The third-order valence-corrected chi connectivity index (χ3v) is 5.22. The van der Waals surface area contributed by atoms with Crippen LogP contribution in [-0.2, 0) is 4.79 Å². The van der Waals surface area contributed by atoms with Crippen LogP contribution in [-0.4, -0.2) is 10.9 Å². The lowest BCUT2D eigenvalue weighted by Gasteiger charge is -2.17. The fourth-order valence-corrected chi connectivity index (χ4v) is 3.83. The average Bonchev–Trinajstić information content (AvgIpc) is 3.11. The molecule has 0 aliphatic rings. The molecule has 0 aliphatic carbocycles. The Morgan fingerprint density at radius 1 is 0.962 bits per heavy atom. The highest BCUT2D eigenvalue weighted by atomic mass is 32.1. The van der Waals surface area contributed by atoms with Crippen molar-refractivity contribution < 1.29 is 4.79 Å². The summed E-state index contributed by atoms with van der Waals surface area (Å²) in [6.07, 6.45) is 0. The minimum atomic E-state index is -0.582. The average molecular weight is 359 g/mol. The van der Waals surface area contributed by atoms with Crippen molar-refractivity contribution in [1.82, 2.24) is 4.98 Å². The van der Waals surface area contributed by atoms with Crippen molar-refractivity contribution >= 4 is 33.1 Å². The number of nitrogens with two attached hydrogens (primary N) is 1. The molecule has 0 saturated heterocycles. The number of fused-ring (bicyclic) bond motifs is 1. The van der Waals surface area contributed by atoms with Crippen LogP contribution in [0.15, 0.2) is 78.9 Å². The predicted octanol–water partition coefficient (Wildman–Crippen LogP) is 4.60. The summed E-state index contributed by atoms with van der Waals surface area (Å²) in [7, 11) is 0. The third kappa shape index (κ3) is 3.30. The van der Waals surface area contributed by atoms with Gasteiger partial charge in [-0.3, -0.25) is 4.79 Å². The lowest BCUT2D eigenvalue weighted by molar-refractivity contribution is -0.118. The van der Waals surface area contributed by atoms with Crippen molar-refractivity contribution in [2.75, 3.05) is 5.32 Å². The Morgan fingerprint density at radius 3 is 2.50 bits per heavy atom. The molecule has 0 spiro atoms. The van der Waals surface area contributed by atoms with Crippen molar-refractivity contribution in [3.8, 4) is 10.6 Å². The van der Waals surface area contributed by atoms with Crippen molar-refractivity contribution in [2.24, 2.45) is 5.73 Å². The monoisotopic (exact) mass is 359 g/mol. The number of amides is 1. The maximum atomic E-state index is 11.9. The van der Waals surface area contributed by atoms with Gasteiger partial charge in [0.2, 0.25) is 5.91 Å². The van der Waals surface area contributed by atoms with Gasteiger partial charge in [0.15, 0.2) is 0 Å². The van der Waals surface area contributed by atoms with Crippen LogP contribution in [0.25, 0.3) is 20.8 Å². The van der Waals surface area contributed by atoms with Gasteiger partial charge in [0.1, 0.15) is 11.0 Å². The number of thiazole rings is 1. The van der Waals surface area contributed by atoms with Crippen molar-refractivity contribution in [3.63, 3.8) is 0 Å². The molecular formula is C21H17N3OS. The number of carbonyl (C=O) groups excluding carboxylic acids is 1. The van der Waals surface area contributed by atoms with E-state index in [9.17, 15) is 4.79 Å².